The molecule has 0 aliphatic carbocycles. The van der Waals surface area contributed by atoms with E-state index in [-0.39, 0.29) is 16.2 Å². The van der Waals surface area contributed by atoms with Crippen LogP contribution in [0.2, 0.25) is 0 Å². The predicted octanol–water partition coefficient (Wildman–Crippen LogP) is 1.73. The molecule has 2 aromatic carbocycles. The van der Waals surface area contributed by atoms with Crippen molar-refractivity contribution >= 4 is 20.0 Å². The number of hydrogen-bond acceptors (Lipinski definition) is 5. The van der Waals surface area contributed by atoms with Gasteiger partial charge in [0.15, 0.2) is 0 Å². The van der Waals surface area contributed by atoms with Crippen LogP contribution in [0.25, 0.3) is 0 Å². The molecule has 7 nitrogen and oxygen atoms in total. The lowest BCUT2D eigenvalue weighted by atomic mass is 10.0. The molecule has 148 valence electrons. The molecular weight excluding hydrogens is 388 g/mol. The molecule has 2 rings (SSSR count). The van der Waals surface area contributed by atoms with Crippen molar-refractivity contribution in [2.45, 2.75) is 35.3 Å². The minimum absolute atomic E-state index is 0.0130. The largest absolute Gasteiger partial charge is 0.388 e. The maximum atomic E-state index is 12.5. The lowest BCUT2D eigenvalue weighted by Crippen LogP contribution is -2.33. The normalized spacial score (nSPS) is 14.9. The second kappa shape index (κ2) is 8.49. The second-order valence-corrected chi connectivity index (χ2v) is 10.3. The summed E-state index contributed by atoms with van der Waals surface area (Å²) in [6.45, 7) is 1.66. The van der Waals surface area contributed by atoms with Gasteiger partial charge >= 0.3 is 0 Å². The van der Waals surface area contributed by atoms with Crippen molar-refractivity contribution in [2.24, 2.45) is 0 Å². The first-order valence-electron chi connectivity index (χ1n) is 8.32. The van der Waals surface area contributed by atoms with Crippen LogP contribution in [0.15, 0.2) is 64.4 Å². The number of benzene rings is 2. The van der Waals surface area contributed by atoms with Crippen LogP contribution in [0.1, 0.15) is 25.0 Å². The van der Waals surface area contributed by atoms with Crippen molar-refractivity contribution in [3.63, 3.8) is 0 Å². The molecule has 2 N–H and O–H groups in total. The number of nitrogens with one attached hydrogen (secondary N) is 1. The molecule has 2 unspecified atom stereocenters. The van der Waals surface area contributed by atoms with Gasteiger partial charge in [0.1, 0.15) is 0 Å². The number of aliphatic hydroxyl groups excluding tert-OH is 1. The van der Waals surface area contributed by atoms with Gasteiger partial charge in [-0.3, -0.25) is 0 Å². The van der Waals surface area contributed by atoms with Crippen molar-refractivity contribution in [1.29, 1.82) is 0 Å². The van der Waals surface area contributed by atoms with Crippen molar-refractivity contribution in [3.8, 4) is 0 Å². The molecule has 0 bridgehead atoms. The van der Waals surface area contributed by atoms with Gasteiger partial charge in [0, 0.05) is 20.1 Å². The summed E-state index contributed by atoms with van der Waals surface area (Å²) in [6, 6.07) is 13.5. The number of aliphatic hydroxyl groups is 1. The second-order valence-electron chi connectivity index (χ2n) is 6.44. The number of rotatable bonds is 8. The van der Waals surface area contributed by atoms with Gasteiger partial charge in [-0.05, 0) is 43.2 Å². The molecule has 0 aliphatic rings. The molecule has 27 heavy (non-hydrogen) atoms. The summed E-state index contributed by atoms with van der Waals surface area (Å²) >= 11 is 0. The Labute approximate surface area is 160 Å². The lowest BCUT2D eigenvalue weighted by Gasteiger charge is -2.18. The van der Waals surface area contributed by atoms with Gasteiger partial charge in [0.25, 0.3) is 0 Å². The highest BCUT2D eigenvalue weighted by Gasteiger charge is 2.22. The first-order valence-corrected chi connectivity index (χ1v) is 11.2. The fourth-order valence-electron chi connectivity index (χ4n) is 2.53. The SMILES string of the molecule is CC(CC(O)c1ccccc1)NS(=O)(=O)c1ccc(S(=O)(=O)N(C)C)cc1. The van der Waals surface area contributed by atoms with E-state index < -0.39 is 32.2 Å². The van der Waals surface area contributed by atoms with Crippen LogP contribution in [-0.2, 0) is 20.0 Å². The van der Waals surface area contributed by atoms with Crippen molar-refractivity contribution < 1.29 is 21.9 Å². The Morgan fingerprint density at radius 1 is 0.926 bits per heavy atom. The smallest absolute Gasteiger partial charge is 0.242 e. The Morgan fingerprint density at radius 3 is 1.96 bits per heavy atom. The van der Waals surface area contributed by atoms with E-state index in [9.17, 15) is 21.9 Å². The number of sulfonamides is 2. The van der Waals surface area contributed by atoms with Crippen LogP contribution in [0.4, 0.5) is 0 Å². The van der Waals surface area contributed by atoms with Gasteiger partial charge in [0.2, 0.25) is 20.0 Å². The maximum absolute atomic E-state index is 12.5. The maximum Gasteiger partial charge on any atom is 0.242 e. The van der Waals surface area contributed by atoms with Crippen molar-refractivity contribution in [2.75, 3.05) is 14.1 Å². The third kappa shape index (κ3) is 5.36. The van der Waals surface area contributed by atoms with E-state index >= 15 is 0 Å². The van der Waals surface area contributed by atoms with E-state index in [1.54, 1.807) is 31.2 Å². The standard InChI is InChI=1S/C18H24N2O5S2/c1-14(13-18(21)15-7-5-4-6-8-15)19-26(22,23)16-9-11-17(12-10-16)27(24,25)20(2)3/h4-12,14,18-19,21H,13H2,1-3H3. The predicted molar refractivity (Wildman–Crippen MR) is 103 cm³/mol. The third-order valence-electron chi connectivity index (χ3n) is 4.03. The summed E-state index contributed by atoms with van der Waals surface area (Å²) in [4.78, 5) is -0.0275. The van der Waals surface area contributed by atoms with E-state index in [0.717, 1.165) is 4.31 Å². The zero-order chi connectivity index (χ0) is 20.2. The summed E-state index contributed by atoms with van der Waals surface area (Å²) in [5, 5.41) is 10.2. The van der Waals surface area contributed by atoms with E-state index in [0.29, 0.717) is 5.56 Å². The third-order valence-corrected chi connectivity index (χ3v) is 7.46. The van der Waals surface area contributed by atoms with Crippen LogP contribution in [-0.4, -0.2) is 46.4 Å². The van der Waals surface area contributed by atoms with Crippen molar-refractivity contribution in [3.05, 3.63) is 60.2 Å². The quantitative estimate of drug-likeness (QED) is 0.687. The molecule has 0 radical (unpaired) electrons. The molecule has 0 saturated heterocycles. The molecule has 0 fully saturated rings. The molecule has 2 atom stereocenters. The average molecular weight is 413 g/mol. The Kier molecular flexibility index (Phi) is 6.77. The molecule has 0 saturated carbocycles. The van der Waals surface area contributed by atoms with Crippen LogP contribution in [0.3, 0.4) is 0 Å². The Hall–Kier alpha value is -1.78. The highest BCUT2D eigenvalue weighted by atomic mass is 32.2. The summed E-state index contributed by atoms with van der Waals surface area (Å²) in [7, 11) is -4.65. The molecule has 0 amide bonds. The Morgan fingerprint density at radius 2 is 1.44 bits per heavy atom. The highest BCUT2D eigenvalue weighted by molar-refractivity contribution is 7.89. The van der Waals surface area contributed by atoms with Gasteiger partial charge in [-0.25, -0.2) is 25.9 Å². The highest BCUT2D eigenvalue weighted by Crippen LogP contribution is 2.20. The zero-order valence-corrected chi connectivity index (χ0v) is 17.0. The van der Waals surface area contributed by atoms with Gasteiger partial charge in [-0.15, -0.1) is 0 Å². The van der Waals surface area contributed by atoms with Gasteiger partial charge in [-0.1, -0.05) is 30.3 Å². The van der Waals surface area contributed by atoms with Gasteiger partial charge < -0.3 is 5.11 Å². The topological polar surface area (TPSA) is 104 Å². The lowest BCUT2D eigenvalue weighted by molar-refractivity contribution is 0.158. The van der Waals surface area contributed by atoms with Crippen LogP contribution in [0.5, 0.6) is 0 Å². The molecule has 9 heteroatoms. The van der Waals surface area contributed by atoms with E-state index in [2.05, 4.69) is 4.72 Å². The average Bonchev–Trinajstić information content (AvgIpc) is 2.61. The monoisotopic (exact) mass is 412 g/mol. The first kappa shape index (κ1) is 21.5. The molecule has 0 spiro atoms. The summed E-state index contributed by atoms with van der Waals surface area (Å²) in [5.74, 6) is 0. The van der Waals surface area contributed by atoms with Gasteiger partial charge in [0.05, 0.1) is 15.9 Å². The fraction of sp³-hybridized carbons (Fsp3) is 0.333. The summed E-state index contributed by atoms with van der Waals surface area (Å²) in [5.41, 5.74) is 0.710. The number of hydrogen-bond donors (Lipinski definition) is 2. The minimum atomic E-state index is -3.84. The van der Waals surface area contributed by atoms with E-state index in [1.165, 1.54) is 38.4 Å². The van der Waals surface area contributed by atoms with Crippen LogP contribution < -0.4 is 4.72 Å². The minimum Gasteiger partial charge on any atom is -0.388 e. The van der Waals surface area contributed by atoms with Crippen LogP contribution >= 0.6 is 0 Å². The summed E-state index contributed by atoms with van der Waals surface area (Å²) < 4.78 is 52.7. The van der Waals surface area contributed by atoms with Crippen LogP contribution in [0, 0.1) is 0 Å². The molecular formula is C18H24N2O5S2. The van der Waals surface area contributed by atoms with E-state index in [1.807, 2.05) is 6.07 Å². The van der Waals surface area contributed by atoms with Crippen molar-refractivity contribution in [1.82, 2.24) is 9.03 Å². The Bertz CT molecular complexity index is 957. The Balaban J connectivity index is 2.10. The molecule has 0 heterocycles. The van der Waals surface area contributed by atoms with Gasteiger partial charge in [-0.2, -0.15) is 0 Å². The molecule has 0 aromatic heterocycles. The van der Waals surface area contributed by atoms with E-state index in [4.69, 9.17) is 0 Å². The summed E-state index contributed by atoms with van der Waals surface area (Å²) in [6.07, 6.45) is -0.590. The first-order chi connectivity index (χ1) is 12.5. The fourth-order valence-corrected chi connectivity index (χ4v) is 4.69. The molecule has 0 aliphatic heterocycles. The molecule has 2 aromatic rings. The zero-order valence-electron chi connectivity index (χ0n) is 15.4. The number of nitrogens with zero attached hydrogens (tertiary/aromatic N) is 1.